The zero-order valence-electron chi connectivity index (χ0n) is 6.87. The van der Waals surface area contributed by atoms with E-state index in [0.29, 0.717) is 16.1 Å². The average molecular weight is 191 g/mol. The maximum Gasteiger partial charge on any atom is 0.264 e. The van der Waals surface area contributed by atoms with Crippen LogP contribution < -0.4 is 0 Å². The summed E-state index contributed by atoms with van der Waals surface area (Å²) in [6, 6.07) is 3.24. The van der Waals surface area contributed by atoms with Gasteiger partial charge < -0.3 is 0 Å². The average Bonchev–Trinajstić information content (AvgIpc) is 1.97. The second-order valence-electron chi connectivity index (χ2n) is 2.70. The van der Waals surface area contributed by atoms with Crippen LogP contribution in [0.5, 0.6) is 0 Å². The minimum atomic E-state index is -2.44. The number of halogens is 3. The van der Waals surface area contributed by atoms with Crippen molar-refractivity contribution in [3.8, 4) is 0 Å². The molecule has 1 rings (SSSR count). The predicted octanol–water partition coefficient (Wildman–Crippen LogP) is 3.89. The molecule has 12 heavy (non-hydrogen) atoms. The highest BCUT2D eigenvalue weighted by atomic mass is 35.5. The molecule has 3 heteroatoms. The lowest BCUT2D eigenvalue weighted by molar-refractivity contribution is 0.150. The zero-order valence-corrected chi connectivity index (χ0v) is 7.62. The van der Waals surface area contributed by atoms with Crippen LogP contribution in [0.3, 0.4) is 0 Å². The second kappa shape index (κ2) is 3.40. The third-order valence-corrected chi connectivity index (χ3v) is 2.29. The Kier molecular flexibility index (Phi) is 2.68. The maximum absolute atomic E-state index is 12.4. The highest BCUT2D eigenvalue weighted by Crippen LogP contribution is 2.30. The third kappa shape index (κ3) is 1.58. The van der Waals surface area contributed by atoms with E-state index in [4.69, 9.17) is 11.6 Å². The maximum atomic E-state index is 12.4. The lowest BCUT2D eigenvalue weighted by atomic mass is 10.0. The minimum Gasteiger partial charge on any atom is -0.205 e. The monoisotopic (exact) mass is 190 g/mol. The van der Waals surface area contributed by atoms with Gasteiger partial charge in [0.25, 0.3) is 6.43 Å². The normalized spacial score (nSPS) is 10.8. The van der Waals surface area contributed by atoms with Gasteiger partial charge in [0.15, 0.2) is 0 Å². The summed E-state index contributed by atoms with van der Waals surface area (Å²) >= 11 is 5.70. The molecule has 0 aliphatic rings. The van der Waals surface area contributed by atoms with Crippen molar-refractivity contribution in [2.75, 3.05) is 0 Å². The summed E-state index contributed by atoms with van der Waals surface area (Å²) in [7, 11) is 0. The van der Waals surface area contributed by atoms with Crippen molar-refractivity contribution in [1.82, 2.24) is 0 Å². The van der Waals surface area contributed by atoms with E-state index < -0.39 is 6.43 Å². The van der Waals surface area contributed by atoms with Crippen LogP contribution in [0.15, 0.2) is 12.1 Å². The Morgan fingerprint density at radius 2 is 1.83 bits per heavy atom. The van der Waals surface area contributed by atoms with Crippen molar-refractivity contribution in [3.05, 3.63) is 33.8 Å². The molecule has 0 fully saturated rings. The lowest BCUT2D eigenvalue weighted by Crippen LogP contribution is -1.94. The molecular weight excluding hydrogens is 182 g/mol. The van der Waals surface area contributed by atoms with E-state index in [1.54, 1.807) is 26.0 Å². The Bertz CT molecular complexity index is 295. The van der Waals surface area contributed by atoms with Gasteiger partial charge in [-0.15, -0.1) is 0 Å². The Balaban J connectivity index is 3.33. The van der Waals surface area contributed by atoms with Gasteiger partial charge in [-0.05, 0) is 31.0 Å². The van der Waals surface area contributed by atoms with Gasteiger partial charge in [0, 0.05) is 10.6 Å². The molecule has 0 amide bonds. The fourth-order valence-corrected chi connectivity index (χ4v) is 1.34. The van der Waals surface area contributed by atoms with E-state index in [2.05, 4.69) is 0 Å². The Labute approximate surface area is 75.2 Å². The number of aryl methyl sites for hydroxylation is 1. The predicted molar refractivity (Wildman–Crippen MR) is 45.9 cm³/mol. The number of hydrogen-bond donors (Lipinski definition) is 0. The molecule has 66 valence electrons. The SMILES string of the molecule is Cc1ccc(Cl)c(C)c1C(F)F. The molecule has 1 aromatic carbocycles. The van der Waals surface area contributed by atoms with Gasteiger partial charge in [-0.25, -0.2) is 8.78 Å². The van der Waals surface area contributed by atoms with E-state index in [1.807, 2.05) is 0 Å². The summed E-state index contributed by atoms with van der Waals surface area (Å²) in [4.78, 5) is 0. The molecule has 1 aromatic rings. The summed E-state index contributed by atoms with van der Waals surface area (Å²) in [6.07, 6.45) is -2.44. The van der Waals surface area contributed by atoms with Gasteiger partial charge in [-0.3, -0.25) is 0 Å². The second-order valence-corrected chi connectivity index (χ2v) is 3.11. The first kappa shape index (κ1) is 9.46. The van der Waals surface area contributed by atoms with Crippen LogP contribution >= 0.6 is 11.6 Å². The molecular formula is C9H9ClF2. The van der Waals surface area contributed by atoms with E-state index in [9.17, 15) is 8.78 Å². The van der Waals surface area contributed by atoms with E-state index in [0.717, 1.165) is 0 Å². The third-order valence-electron chi connectivity index (χ3n) is 1.88. The van der Waals surface area contributed by atoms with Crippen molar-refractivity contribution in [3.63, 3.8) is 0 Å². The summed E-state index contributed by atoms with van der Waals surface area (Å²) < 4.78 is 24.8. The first-order chi connectivity index (χ1) is 5.54. The topological polar surface area (TPSA) is 0 Å². The largest absolute Gasteiger partial charge is 0.264 e. The highest BCUT2D eigenvalue weighted by Gasteiger charge is 2.14. The molecule has 0 nitrogen and oxygen atoms in total. The molecule has 0 radical (unpaired) electrons. The summed E-state index contributed by atoms with van der Waals surface area (Å²) in [6.45, 7) is 3.27. The number of alkyl halides is 2. The van der Waals surface area contributed by atoms with Crippen molar-refractivity contribution in [2.45, 2.75) is 20.3 Å². The quantitative estimate of drug-likeness (QED) is 0.630. The summed E-state index contributed by atoms with van der Waals surface area (Å²) in [5.74, 6) is 0. The summed E-state index contributed by atoms with van der Waals surface area (Å²) in [5.41, 5.74) is 1.13. The Morgan fingerprint density at radius 1 is 1.25 bits per heavy atom. The molecule has 0 aromatic heterocycles. The minimum absolute atomic E-state index is 0.0579. The first-order valence-corrected chi connectivity index (χ1v) is 3.95. The number of hydrogen-bond acceptors (Lipinski definition) is 0. The van der Waals surface area contributed by atoms with Gasteiger partial charge in [-0.2, -0.15) is 0 Å². The van der Waals surface area contributed by atoms with Crippen molar-refractivity contribution >= 4 is 11.6 Å². The van der Waals surface area contributed by atoms with Gasteiger partial charge in [0.2, 0.25) is 0 Å². The Hall–Kier alpha value is -0.630. The molecule has 0 saturated heterocycles. The van der Waals surface area contributed by atoms with Crippen LogP contribution in [-0.2, 0) is 0 Å². The van der Waals surface area contributed by atoms with Gasteiger partial charge >= 0.3 is 0 Å². The molecule has 0 saturated carbocycles. The van der Waals surface area contributed by atoms with Crippen LogP contribution in [0, 0.1) is 13.8 Å². The first-order valence-electron chi connectivity index (χ1n) is 3.57. The van der Waals surface area contributed by atoms with Crippen LogP contribution in [0.25, 0.3) is 0 Å². The lowest BCUT2D eigenvalue weighted by Gasteiger charge is -2.09. The zero-order chi connectivity index (χ0) is 9.30. The van der Waals surface area contributed by atoms with Gasteiger partial charge in [-0.1, -0.05) is 17.7 Å². The van der Waals surface area contributed by atoms with Crippen LogP contribution in [0.1, 0.15) is 23.1 Å². The van der Waals surface area contributed by atoms with Crippen LogP contribution in [0.4, 0.5) is 8.78 Å². The van der Waals surface area contributed by atoms with Crippen molar-refractivity contribution < 1.29 is 8.78 Å². The highest BCUT2D eigenvalue weighted by molar-refractivity contribution is 6.31. The number of benzene rings is 1. The molecule has 0 atom stereocenters. The molecule has 0 aliphatic heterocycles. The van der Waals surface area contributed by atoms with E-state index >= 15 is 0 Å². The Morgan fingerprint density at radius 3 is 2.25 bits per heavy atom. The summed E-state index contributed by atoms with van der Waals surface area (Å²) in [5, 5.41) is 0.399. The fraction of sp³-hybridized carbons (Fsp3) is 0.333. The van der Waals surface area contributed by atoms with Gasteiger partial charge in [0.05, 0.1) is 0 Å². The van der Waals surface area contributed by atoms with E-state index in [-0.39, 0.29) is 5.56 Å². The van der Waals surface area contributed by atoms with Crippen molar-refractivity contribution in [2.24, 2.45) is 0 Å². The standard InChI is InChI=1S/C9H9ClF2/c1-5-3-4-7(10)6(2)8(5)9(11)12/h3-4,9H,1-2H3. The molecule has 0 aliphatic carbocycles. The molecule has 0 heterocycles. The molecule has 0 bridgehead atoms. The van der Waals surface area contributed by atoms with Crippen molar-refractivity contribution in [1.29, 1.82) is 0 Å². The van der Waals surface area contributed by atoms with E-state index in [1.165, 1.54) is 0 Å². The van der Waals surface area contributed by atoms with Crippen LogP contribution in [0.2, 0.25) is 5.02 Å². The smallest absolute Gasteiger partial charge is 0.205 e. The molecule has 0 unspecified atom stereocenters. The van der Waals surface area contributed by atoms with Crippen LogP contribution in [-0.4, -0.2) is 0 Å². The molecule has 0 N–H and O–H groups in total. The number of rotatable bonds is 1. The fourth-order valence-electron chi connectivity index (χ4n) is 1.17. The molecule has 0 spiro atoms. The van der Waals surface area contributed by atoms with Gasteiger partial charge in [0.1, 0.15) is 0 Å².